The number of amides is 1. The molecule has 0 spiro atoms. The maximum absolute atomic E-state index is 12.0. The summed E-state index contributed by atoms with van der Waals surface area (Å²) in [5, 5.41) is 14.4. The molecule has 0 aromatic carbocycles. The molecular formula is C13H16N2O4S. The standard InChI is InChI=1S/C13H16N2O4S/c1-2-19-6-3-5-14-12(17)9-10(16)11-8(4-7-20-11)15-13(9)18/h4,7H,2-3,5-6H2,1H3,(H,14,17)(H2,15,16,18). The average Bonchev–Trinajstić information content (AvgIpc) is 2.87. The molecule has 0 fully saturated rings. The fourth-order valence-corrected chi connectivity index (χ4v) is 2.62. The molecule has 0 atom stereocenters. The van der Waals surface area contributed by atoms with Crippen molar-refractivity contribution < 1.29 is 14.6 Å². The van der Waals surface area contributed by atoms with E-state index < -0.39 is 11.5 Å². The molecule has 2 aromatic heterocycles. The van der Waals surface area contributed by atoms with E-state index in [-0.39, 0.29) is 11.3 Å². The molecule has 0 aliphatic carbocycles. The van der Waals surface area contributed by atoms with Crippen LogP contribution in [0.25, 0.3) is 10.2 Å². The van der Waals surface area contributed by atoms with Crippen molar-refractivity contribution in [1.82, 2.24) is 10.3 Å². The number of fused-ring (bicyclic) bond motifs is 1. The number of carbonyl (C=O) groups is 1. The van der Waals surface area contributed by atoms with Crippen molar-refractivity contribution in [3.05, 3.63) is 27.4 Å². The molecule has 0 unspecified atom stereocenters. The number of pyridine rings is 1. The van der Waals surface area contributed by atoms with Crippen LogP contribution in [-0.4, -0.2) is 35.8 Å². The number of hydrogen-bond acceptors (Lipinski definition) is 5. The summed E-state index contributed by atoms with van der Waals surface area (Å²) in [4.78, 5) is 26.4. The number of aromatic hydroxyl groups is 1. The lowest BCUT2D eigenvalue weighted by atomic mass is 10.2. The average molecular weight is 296 g/mol. The van der Waals surface area contributed by atoms with Gasteiger partial charge in [-0.15, -0.1) is 11.3 Å². The molecule has 1 amide bonds. The lowest BCUT2D eigenvalue weighted by molar-refractivity contribution is 0.0940. The fraction of sp³-hybridized carbons (Fsp3) is 0.385. The van der Waals surface area contributed by atoms with Gasteiger partial charge in [-0.3, -0.25) is 9.59 Å². The highest BCUT2D eigenvalue weighted by atomic mass is 32.1. The van der Waals surface area contributed by atoms with Crippen LogP contribution < -0.4 is 10.9 Å². The molecular weight excluding hydrogens is 280 g/mol. The van der Waals surface area contributed by atoms with Crippen molar-refractivity contribution in [3.8, 4) is 5.75 Å². The molecule has 7 heteroatoms. The molecule has 0 saturated carbocycles. The van der Waals surface area contributed by atoms with Gasteiger partial charge in [-0.25, -0.2) is 0 Å². The van der Waals surface area contributed by atoms with Gasteiger partial charge in [0.25, 0.3) is 11.5 Å². The first-order valence-electron chi connectivity index (χ1n) is 6.33. The van der Waals surface area contributed by atoms with Crippen molar-refractivity contribution in [2.75, 3.05) is 19.8 Å². The minimum Gasteiger partial charge on any atom is -0.505 e. The lowest BCUT2D eigenvalue weighted by Crippen LogP contribution is -2.30. The van der Waals surface area contributed by atoms with Crippen LogP contribution in [0.4, 0.5) is 0 Å². The van der Waals surface area contributed by atoms with E-state index in [4.69, 9.17) is 4.74 Å². The zero-order valence-corrected chi connectivity index (χ0v) is 11.9. The molecule has 20 heavy (non-hydrogen) atoms. The van der Waals surface area contributed by atoms with Crippen LogP contribution in [-0.2, 0) is 4.74 Å². The van der Waals surface area contributed by atoms with Crippen LogP contribution in [0.1, 0.15) is 23.7 Å². The SMILES string of the molecule is CCOCCCNC(=O)c1c(O)c2sccc2[nH]c1=O. The summed E-state index contributed by atoms with van der Waals surface area (Å²) in [6.07, 6.45) is 0.652. The number of carbonyl (C=O) groups excluding carboxylic acids is 1. The van der Waals surface area contributed by atoms with E-state index in [1.807, 2.05) is 6.92 Å². The van der Waals surface area contributed by atoms with Gasteiger partial charge in [-0.05, 0) is 24.8 Å². The molecule has 0 radical (unpaired) electrons. The first kappa shape index (κ1) is 14.5. The minimum absolute atomic E-state index is 0.239. The number of H-pyrrole nitrogens is 1. The van der Waals surface area contributed by atoms with Crippen LogP contribution in [0.5, 0.6) is 5.75 Å². The summed E-state index contributed by atoms with van der Waals surface area (Å²) in [7, 11) is 0. The van der Waals surface area contributed by atoms with Crippen LogP contribution in [0.15, 0.2) is 16.2 Å². The summed E-state index contributed by atoms with van der Waals surface area (Å²) in [6.45, 7) is 3.46. The van der Waals surface area contributed by atoms with Crippen molar-refractivity contribution in [2.45, 2.75) is 13.3 Å². The highest BCUT2D eigenvalue weighted by Crippen LogP contribution is 2.29. The van der Waals surface area contributed by atoms with E-state index in [2.05, 4.69) is 10.3 Å². The van der Waals surface area contributed by atoms with E-state index in [9.17, 15) is 14.7 Å². The first-order chi connectivity index (χ1) is 9.65. The Morgan fingerprint density at radius 2 is 2.35 bits per heavy atom. The zero-order valence-electron chi connectivity index (χ0n) is 11.1. The molecule has 2 aromatic rings. The zero-order chi connectivity index (χ0) is 14.5. The van der Waals surface area contributed by atoms with E-state index in [1.54, 1.807) is 11.4 Å². The maximum Gasteiger partial charge on any atom is 0.265 e. The second kappa shape index (κ2) is 6.53. The summed E-state index contributed by atoms with van der Waals surface area (Å²) in [5.41, 5.74) is -0.294. The van der Waals surface area contributed by atoms with Gasteiger partial charge in [0.1, 0.15) is 5.56 Å². The second-order valence-electron chi connectivity index (χ2n) is 4.15. The normalized spacial score (nSPS) is 10.8. The minimum atomic E-state index is -0.587. The number of aromatic nitrogens is 1. The fourth-order valence-electron chi connectivity index (χ4n) is 1.82. The van der Waals surface area contributed by atoms with Gasteiger partial charge in [0, 0.05) is 19.8 Å². The van der Waals surface area contributed by atoms with E-state index in [1.165, 1.54) is 11.3 Å². The third-order valence-electron chi connectivity index (χ3n) is 2.77. The van der Waals surface area contributed by atoms with Crippen LogP contribution >= 0.6 is 11.3 Å². The highest BCUT2D eigenvalue weighted by Gasteiger charge is 2.19. The lowest BCUT2D eigenvalue weighted by Gasteiger charge is -2.06. The number of nitrogens with one attached hydrogen (secondary N) is 2. The first-order valence-corrected chi connectivity index (χ1v) is 7.21. The predicted octanol–water partition coefficient (Wildman–Crippen LogP) is 1.45. The van der Waals surface area contributed by atoms with Crippen LogP contribution in [0.3, 0.4) is 0 Å². The largest absolute Gasteiger partial charge is 0.505 e. The quantitative estimate of drug-likeness (QED) is 0.704. The monoisotopic (exact) mass is 296 g/mol. The molecule has 3 N–H and O–H groups in total. The van der Waals surface area contributed by atoms with Gasteiger partial charge < -0.3 is 20.1 Å². The molecule has 0 aliphatic heterocycles. The molecule has 0 saturated heterocycles. The van der Waals surface area contributed by atoms with Gasteiger partial charge in [-0.2, -0.15) is 0 Å². The summed E-state index contributed by atoms with van der Waals surface area (Å²) in [6, 6.07) is 1.69. The van der Waals surface area contributed by atoms with Crippen LogP contribution in [0.2, 0.25) is 0 Å². The van der Waals surface area contributed by atoms with Crippen molar-refractivity contribution in [2.24, 2.45) is 0 Å². The Labute approximate surface area is 119 Å². The topological polar surface area (TPSA) is 91.4 Å². The summed E-state index contributed by atoms with van der Waals surface area (Å²) in [5.74, 6) is -0.836. The molecule has 0 aliphatic rings. The predicted molar refractivity (Wildman–Crippen MR) is 77.6 cm³/mol. The number of aromatic amines is 1. The van der Waals surface area contributed by atoms with Gasteiger partial charge >= 0.3 is 0 Å². The number of thiophene rings is 1. The molecule has 0 bridgehead atoms. The maximum atomic E-state index is 12.0. The Balaban J connectivity index is 2.11. The Bertz CT molecular complexity index is 662. The Morgan fingerprint density at radius 1 is 1.55 bits per heavy atom. The van der Waals surface area contributed by atoms with E-state index in [0.717, 1.165) is 0 Å². The van der Waals surface area contributed by atoms with Crippen molar-refractivity contribution >= 4 is 27.5 Å². The van der Waals surface area contributed by atoms with Gasteiger partial charge in [0.2, 0.25) is 0 Å². The smallest absolute Gasteiger partial charge is 0.265 e. The van der Waals surface area contributed by atoms with Gasteiger partial charge in [0.15, 0.2) is 5.75 Å². The molecule has 108 valence electrons. The molecule has 2 rings (SSSR count). The molecule has 6 nitrogen and oxygen atoms in total. The van der Waals surface area contributed by atoms with Gasteiger partial charge in [-0.1, -0.05) is 0 Å². The summed E-state index contributed by atoms with van der Waals surface area (Å²) < 4.78 is 5.65. The third-order valence-corrected chi connectivity index (χ3v) is 3.70. The van der Waals surface area contributed by atoms with Crippen molar-refractivity contribution in [3.63, 3.8) is 0 Å². The van der Waals surface area contributed by atoms with E-state index >= 15 is 0 Å². The number of ether oxygens (including phenoxy) is 1. The number of rotatable bonds is 6. The number of hydrogen-bond donors (Lipinski definition) is 3. The summed E-state index contributed by atoms with van der Waals surface area (Å²) >= 11 is 1.27. The highest BCUT2D eigenvalue weighted by molar-refractivity contribution is 7.17. The Hall–Kier alpha value is -1.86. The molecule has 2 heterocycles. The second-order valence-corrected chi connectivity index (χ2v) is 5.06. The van der Waals surface area contributed by atoms with Crippen LogP contribution in [0, 0.1) is 0 Å². The van der Waals surface area contributed by atoms with Crippen molar-refractivity contribution in [1.29, 1.82) is 0 Å². The Kier molecular flexibility index (Phi) is 4.75. The third kappa shape index (κ3) is 3.00. The van der Waals surface area contributed by atoms with E-state index in [0.29, 0.717) is 36.4 Å². The Morgan fingerprint density at radius 3 is 3.10 bits per heavy atom. The van der Waals surface area contributed by atoms with Gasteiger partial charge in [0.05, 0.1) is 10.2 Å².